The molecule has 12 heteroatoms. The van der Waals surface area contributed by atoms with Gasteiger partial charge in [-0.1, -0.05) is 6.07 Å². The van der Waals surface area contributed by atoms with E-state index < -0.39 is 0 Å². The van der Waals surface area contributed by atoms with E-state index in [1.807, 2.05) is 17.0 Å². The molecule has 0 bridgehead atoms. The zero-order valence-electron chi connectivity index (χ0n) is 16.9. The van der Waals surface area contributed by atoms with Gasteiger partial charge in [-0.05, 0) is 41.3 Å². The molecular weight excluding hydrogens is 406 g/mol. The topological polar surface area (TPSA) is 152 Å². The minimum Gasteiger partial charge on any atom is -0.483 e. The number of tetrazole rings is 1. The smallest absolute Gasteiger partial charge is 0.290 e. The molecule has 1 aliphatic heterocycles. The van der Waals surface area contributed by atoms with E-state index >= 15 is 0 Å². The number of morpholine rings is 1. The highest BCUT2D eigenvalue weighted by Crippen LogP contribution is 2.32. The summed E-state index contributed by atoms with van der Waals surface area (Å²) >= 11 is 0. The van der Waals surface area contributed by atoms with Crippen molar-refractivity contribution in [3.63, 3.8) is 0 Å². The van der Waals surface area contributed by atoms with Crippen LogP contribution in [-0.4, -0.2) is 78.8 Å². The van der Waals surface area contributed by atoms with Crippen molar-refractivity contribution >= 4 is 18.3 Å². The maximum Gasteiger partial charge on any atom is 0.290 e. The number of pyridine rings is 1. The van der Waals surface area contributed by atoms with Crippen LogP contribution in [0.25, 0.3) is 0 Å². The predicted molar refractivity (Wildman–Crippen MR) is 105 cm³/mol. The third-order valence-corrected chi connectivity index (χ3v) is 5.39. The van der Waals surface area contributed by atoms with Gasteiger partial charge in [-0.15, -0.1) is 5.10 Å². The number of rotatable bonds is 5. The molecule has 2 aliphatic rings. The summed E-state index contributed by atoms with van der Waals surface area (Å²) in [5.74, 6) is -0.175. The lowest BCUT2D eigenvalue weighted by Gasteiger charge is -2.45. The van der Waals surface area contributed by atoms with Gasteiger partial charge in [0.1, 0.15) is 12.9 Å². The molecule has 166 valence electrons. The summed E-state index contributed by atoms with van der Waals surface area (Å²) in [6.07, 6.45) is 6.98. The summed E-state index contributed by atoms with van der Waals surface area (Å²) in [4.78, 5) is 39.7. The molecule has 2 fully saturated rings. The number of hydrogen-bond acceptors (Lipinski definition) is 8. The third-order valence-electron chi connectivity index (χ3n) is 5.39. The Bertz CT molecular complexity index is 849. The Morgan fingerprint density at radius 3 is 2.90 bits per heavy atom. The van der Waals surface area contributed by atoms with E-state index in [-0.39, 0.29) is 42.9 Å². The zero-order valence-corrected chi connectivity index (χ0v) is 16.9. The van der Waals surface area contributed by atoms with Crippen LogP contribution in [-0.2, 0) is 32.2 Å². The first-order valence-corrected chi connectivity index (χ1v) is 9.98. The highest BCUT2D eigenvalue weighted by Gasteiger charge is 2.41. The molecule has 31 heavy (non-hydrogen) atoms. The standard InChI is InChI=1S/C18H23N7O3.CH2O2/c26-17(11-24-12-21-22-23-24)25-6-7-28-16-4-3-14(8-15(16)25)18(27)20-10-13-2-1-5-19-9-13;2-1-3/h1-2,5,9,12,14-16H,3-4,6-8,10-11H2,(H,20,27);1H,(H,2,3)/t14-,15+,16+;/m0./s1. The fraction of sp³-hybridized carbons (Fsp3) is 0.526. The van der Waals surface area contributed by atoms with Gasteiger partial charge < -0.3 is 20.1 Å². The lowest BCUT2D eigenvalue weighted by atomic mass is 9.81. The second-order valence-corrected chi connectivity index (χ2v) is 7.27. The number of carboxylic acid groups (broad SMARTS) is 1. The fourth-order valence-corrected chi connectivity index (χ4v) is 3.98. The molecule has 0 aromatic carbocycles. The van der Waals surface area contributed by atoms with Crippen LogP contribution in [0.4, 0.5) is 0 Å². The number of amides is 2. The molecule has 1 aliphatic carbocycles. The molecule has 12 nitrogen and oxygen atoms in total. The monoisotopic (exact) mass is 431 g/mol. The van der Waals surface area contributed by atoms with Crippen molar-refractivity contribution < 1.29 is 24.2 Å². The summed E-state index contributed by atoms with van der Waals surface area (Å²) in [6, 6.07) is 3.68. The Kier molecular flexibility index (Phi) is 7.98. The molecule has 2 amide bonds. The van der Waals surface area contributed by atoms with Gasteiger partial charge in [-0.25, -0.2) is 4.68 Å². The minimum absolute atomic E-state index is 0.0146. The highest BCUT2D eigenvalue weighted by molar-refractivity contribution is 5.79. The Balaban J connectivity index is 0.000000858. The molecule has 0 radical (unpaired) electrons. The van der Waals surface area contributed by atoms with Crippen LogP contribution in [0, 0.1) is 5.92 Å². The predicted octanol–water partition coefficient (Wildman–Crippen LogP) is -0.519. The van der Waals surface area contributed by atoms with Gasteiger partial charge in [0.25, 0.3) is 6.47 Å². The van der Waals surface area contributed by atoms with Crippen LogP contribution in [0.3, 0.4) is 0 Å². The Morgan fingerprint density at radius 1 is 1.35 bits per heavy atom. The number of nitrogens with one attached hydrogen (secondary N) is 1. The van der Waals surface area contributed by atoms with Crippen molar-refractivity contribution in [2.75, 3.05) is 13.2 Å². The van der Waals surface area contributed by atoms with Gasteiger partial charge in [-0.2, -0.15) is 0 Å². The fourth-order valence-electron chi connectivity index (χ4n) is 3.98. The van der Waals surface area contributed by atoms with Crippen LogP contribution >= 0.6 is 0 Å². The van der Waals surface area contributed by atoms with Crippen molar-refractivity contribution in [3.8, 4) is 0 Å². The Labute approximate surface area is 178 Å². The van der Waals surface area contributed by atoms with Crippen LogP contribution in [0.15, 0.2) is 30.9 Å². The zero-order chi connectivity index (χ0) is 22.1. The number of fused-ring (bicyclic) bond motifs is 1. The first-order chi connectivity index (χ1) is 15.1. The van der Waals surface area contributed by atoms with E-state index in [1.54, 1.807) is 12.4 Å². The third kappa shape index (κ3) is 6.04. The van der Waals surface area contributed by atoms with Crippen LogP contribution in [0.5, 0.6) is 0 Å². The van der Waals surface area contributed by atoms with E-state index in [0.29, 0.717) is 26.1 Å². The molecule has 2 aromatic heterocycles. The van der Waals surface area contributed by atoms with Gasteiger partial charge in [0.2, 0.25) is 11.8 Å². The van der Waals surface area contributed by atoms with Gasteiger partial charge in [0.15, 0.2) is 0 Å². The van der Waals surface area contributed by atoms with E-state index in [9.17, 15) is 9.59 Å². The molecule has 2 N–H and O–H groups in total. The lowest BCUT2D eigenvalue weighted by molar-refractivity contribution is -0.154. The number of hydrogen-bond donors (Lipinski definition) is 2. The van der Waals surface area contributed by atoms with Crippen LogP contribution < -0.4 is 5.32 Å². The highest BCUT2D eigenvalue weighted by atomic mass is 16.5. The quantitative estimate of drug-likeness (QED) is 0.596. The Hall–Kier alpha value is -3.41. The van der Waals surface area contributed by atoms with E-state index in [4.69, 9.17) is 14.6 Å². The van der Waals surface area contributed by atoms with E-state index in [2.05, 4.69) is 25.8 Å². The summed E-state index contributed by atoms with van der Waals surface area (Å²) in [5.41, 5.74) is 0.962. The van der Waals surface area contributed by atoms with E-state index in [0.717, 1.165) is 18.4 Å². The molecular formula is C19H25N7O5. The van der Waals surface area contributed by atoms with Crippen LogP contribution in [0.2, 0.25) is 0 Å². The number of carbonyl (C=O) groups is 3. The summed E-state index contributed by atoms with van der Waals surface area (Å²) in [7, 11) is 0. The molecule has 0 unspecified atom stereocenters. The number of ether oxygens (including phenoxy) is 1. The summed E-state index contributed by atoms with van der Waals surface area (Å²) in [5, 5.41) is 20.8. The molecule has 3 heterocycles. The molecule has 0 spiro atoms. The van der Waals surface area contributed by atoms with Crippen molar-refractivity contribution in [1.82, 2.24) is 35.4 Å². The molecule has 1 saturated heterocycles. The number of carbonyl (C=O) groups excluding carboxylic acids is 2. The first kappa shape index (κ1) is 22.3. The summed E-state index contributed by atoms with van der Waals surface area (Å²) < 4.78 is 7.28. The van der Waals surface area contributed by atoms with E-state index in [1.165, 1.54) is 11.0 Å². The average molecular weight is 431 g/mol. The average Bonchev–Trinajstić information content (AvgIpc) is 3.31. The molecule has 2 aromatic rings. The SMILES string of the molecule is O=C(NCc1cccnc1)[C@H]1CC[C@H]2OCCN(C(=O)Cn3cnnn3)[C@@H]2C1.O=CO. The number of aromatic nitrogens is 5. The summed E-state index contributed by atoms with van der Waals surface area (Å²) in [6.45, 7) is 1.33. The first-order valence-electron chi connectivity index (χ1n) is 9.98. The van der Waals surface area contributed by atoms with Crippen molar-refractivity contribution in [1.29, 1.82) is 0 Å². The van der Waals surface area contributed by atoms with Crippen molar-refractivity contribution in [2.24, 2.45) is 5.92 Å². The maximum atomic E-state index is 12.8. The molecule has 4 rings (SSSR count). The number of nitrogens with zero attached hydrogens (tertiary/aromatic N) is 6. The molecule has 1 saturated carbocycles. The Morgan fingerprint density at radius 2 is 2.19 bits per heavy atom. The van der Waals surface area contributed by atoms with Gasteiger partial charge in [0, 0.05) is 31.4 Å². The van der Waals surface area contributed by atoms with Crippen molar-refractivity contribution in [2.45, 2.75) is 44.5 Å². The van der Waals surface area contributed by atoms with Gasteiger partial charge in [0.05, 0.1) is 18.8 Å². The van der Waals surface area contributed by atoms with Crippen molar-refractivity contribution in [3.05, 3.63) is 36.4 Å². The second kappa shape index (κ2) is 11.1. The second-order valence-electron chi connectivity index (χ2n) is 7.27. The largest absolute Gasteiger partial charge is 0.483 e. The van der Waals surface area contributed by atoms with Gasteiger partial charge in [-0.3, -0.25) is 19.4 Å². The normalized spacial score (nSPS) is 22.5. The van der Waals surface area contributed by atoms with Crippen LogP contribution in [0.1, 0.15) is 24.8 Å². The van der Waals surface area contributed by atoms with Gasteiger partial charge >= 0.3 is 0 Å². The molecule has 3 atom stereocenters. The maximum absolute atomic E-state index is 12.8. The lowest BCUT2D eigenvalue weighted by Crippen LogP contribution is -2.57. The minimum atomic E-state index is -0.250.